The van der Waals surface area contributed by atoms with Crippen LogP contribution in [0.5, 0.6) is 0 Å². The summed E-state index contributed by atoms with van der Waals surface area (Å²) in [6, 6.07) is 1.80. The summed E-state index contributed by atoms with van der Waals surface area (Å²) in [6.45, 7) is 1.90. The highest BCUT2D eigenvalue weighted by atomic mass is 35.5. The molecule has 0 unspecified atom stereocenters. The lowest BCUT2D eigenvalue weighted by molar-refractivity contribution is 1.08. The molecule has 0 N–H and O–H groups in total. The first-order valence-corrected chi connectivity index (χ1v) is 3.60. The molecule has 0 spiro atoms. The Hall–Kier alpha value is -1.09. The first-order valence-electron chi connectivity index (χ1n) is 3.22. The smallest absolute Gasteiger partial charge is 0.157 e. The van der Waals surface area contributed by atoms with Crippen LogP contribution in [-0.2, 0) is 0 Å². The van der Waals surface area contributed by atoms with Crippen LogP contribution in [0.2, 0.25) is 5.15 Å². The van der Waals surface area contributed by atoms with Crippen LogP contribution in [0, 0.1) is 6.92 Å². The van der Waals surface area contributed by atoms with E-state index in [1.165, 1.54) is 0 Å². The second kappa shape index (κ2) is 2.20. The molecule has 0 saturated carbocycles. The van der Waals surface area contributed by atoms with Gasteiger partial charge in [0.2, 0.25) is 0 Å². The van der Waals surface area contributed by atoms with Gasteiger partial charge in [-0.15, -0.1) is 0 Å². The fourth-order valence-corrected chi connectivity index (χ4v) is 1.28. The van der Waals surface area contributed by atoms with Crippen LogP contribution in [0.4, 0.5) is 0 Å². The van der Waals surface area contributed by atoms with Crippen LogP contribution < -0.4 is 0 Å². The lowest BCUT2D eigenvalue weighted by atomic mass is 10.4. The van der Waals surface area contributed by atoms with Crippen molar-refractivity contribution in [3.8, 4) is 0 Å². The van der Waals surface area contributed by atoms with E-state index in [4.69, 9.17) is 11.6 Å². The van der Waals surface area contributed by atoms with Crippen LogP contribution in [0.25, 0.3) is 5.65 Å². The molecule has 3 nitrogen and oxygen atoms in total. The summed E-state index contributed by atoms with van der Waals surface area (Å²) >= 11 is 5.89. The zero-order chi connectivity index (χ0) is 7.84. The monoisotopic (exact) mass is 167 g/mol. The molecule has 0 atom stereocenters. The van der Waals surface area contributed by atoms with E-state index in [0.717, 1.165) is 11.3 Å². The fraction of sp³-hybridized carbons (Fsp3) is 0.143. The van der Waals surface area contributed by atoms with Gasteiger partial charge in [-0.2, -0.15) is 0 Å². The molecule has 56 valence electrons. The van der Waals surface area contributed by atoms with Gasteiger partial charge in [0.25, 0.3) is 0 Å². The van der Waals surface area contributed by atoms with Gasteiger partial charge in [-0.25, -0.2) is 9.97 Å². The first-order chi connectivity index (χ1) is 5.27. The van der Waals surface area contributed by atoms with Gasteiger partial charge < -0.3 is 0 Å². The zero-order valence-electron chi connectivity index (χ0n) is 5.95. The van der Waals surface area contributed by atoms with Crippen molar-refractivity contribution in [3.63, 3.8) is 0 Å². The van der Waals surface area contributed by atoms with Crippen molar-refractivity contribution in [2.24, 2.45) is 0 Å². The molecule has 0 amide bonds. The number of hydrogen-bond donors (Lipinski definition) is 0. The SMILES string of the molecule is Cc1cc(Cl)n2cncc2n1. The predicted octanol–water partition coefficient (Wildman–Crippen LogP) is 1.69. The van der Waals surface area contributed by atoms with E-state index in [-0.39, 0.29) is 0 Å². The highest BCUT2D eigenvalue weighted by Gasteiger charge is 1.99. The molecule has 2 aromatic rings. The molecule has 2 rings (SSSR count). The number of imidazole rings is 1. The molecule has 0 fully saturated rings. The topological polar surface area (TPSA) is 30.2 Å². The Balaban J connectivity index is 2.91. The van der Waals surface area contributed by atoms with Crippen molar-refractivity contribution in [1.82, 2.24) is 14.4 Å². The second-order valence-corrected chi connectivity index (χ2v) is 2.73. The van der Waals surface area contributed by atoms with Gasteiger partial charge in [-0.3, -0.25) is 4.40 Å². The largest absolute Gasteiger partial charge is 0.273 e. The van der Waals surface area contributed by atoms with Crippen LogP contribution in [-0.4, -0.2) is 14.4 Å². The molecule has 0 aliphatic heterocycles. The fourth-order valence-electron chi connectivity index (χ4n) is 0.990. The highest BCUT2D eigenvalue weighted by molar-refractivity contribution is 6.29. The number of aromatic nitrogens is 3. The van der Waals surface area contributed by atoms with E-state index in [9.17, 15) is 0 Å². The summed E-state index contributed by atoms with van der Waals surface area (Å²) in [5.74, 6) is 0. The number of fused-ring (bicyclic) bond motifs is 1. The Bertz CT molecular complexity index is 393. The van der Waals surface area contributed by atoms with Crippen LogP contribution in [0.15, 0.2) is 18.6 Å². The molecule has 0 aromatic carbocycles. The minimum atomic E-state index is 0.644. The van der Waals surface area contributed by atoms with E-state index in [0.29, 0.717) is 5.15 Å². The molecule has 2 aromatic heterocycles. The van der Waals surface area contributed by atoms with Gasteiger partial charge in [0.05, 0.1) is 6.20 Å². The van der Waals surface area contributed by atoms with Crippen molar-refractivity contribution in [3.05, 3.63) is 29.4 Å². The van der Waals surface area contributed by atoms with Gasteiger partial charge in [0.1, 0.15) is 11.5 Å². The average molecular weight is 168 g/mol. The third-order valence-electron chi connectivity index (χ3n) is 1.47. The van der Waals surface area contributed by atoms with Crippen molar-refractivity contribution < 1.29 is 0 Å². The quantitative estimate of drug-likeness (QED) is 0.559. The number of hydrogen-bond acceptors (Lipinski definition) is 2. The third-order valence-corrected chi connectivity index (χ3v) is 1.76. The summed E-state index contributed by atoms with van der Waals surface area (Å²) in [7, 11) is 0. The van der Waals surface area contributed by atoms with E-state index in [2.05, 4.69) is 9.97 Å². The first kappa shape index (κ1) is 6.61. The molecule has 0 radical (unpaired) electrons. The number of nitrogens with zero attached hydrogens (tertiary/aromatic N) is 3. The molecule has 0 bridgehead atoms. The lowest BCUT2D eigenvalue weighted by Gasteiger charge is -1.97. The predicted molar refractivity (Wildman–Crippen MR) is 42.7 cm³/mol. The van der Waals surface area contributed by atoms with Crippen molar-refractivity contribution in [1.29, 1.82) is 0 Å². The maximum absolute atomic E-state index is 5.89. The molecule has 11 heavy (non-hydrogen) atoms. The van der Waals surface area contributed by atoms with Crippen molar-refractivity contribution in [2.45, 2.75) is 6.92 Å². The molecular weight excluding hydrogens is 162 g/mol. The Morgan fingerprint density at radius 2 is 2.36 bits per heavy atom. The number of rotatable bonds is 0. The summed E-state index contributed by atoms with van der Waals surface area (Å²) in [5, 5.41) is 0.644. The summed E-state index contributed by atoms with van der Waals surface area (Å²) in [5.41, 5.74) is 1.69. The third kappa shape index (κ3) is 0.973. The van der Waals surface area contributed by atoms with Crippen LogP contribution in [0.3, 0.4) is 0 Å². The molecule has 0 aliphatic rings. The Morgan fingerprint density at radius 3 is 3.18 bits per heavy atom. The minimum Gasteiger partial charge on any atom is -0.273 e. The van der Waals surface area contributed by atoms with Crippen molar-refractivity contribution in [2.75, 3.05) is 0 Å². The van der Waals surface area contributed by atoms with E-state index >= 15 is 0 Å². The molecule has 2 heterocycles. The van der Waals surface area contributed by atoms with Gasteiger partial charge in [0, 0.05) is 5.69 Å². The van der Waals surface area contributed by atoms with Crippen molar-refractivity contribution >= 4 is 17.2 Å². The summed E-state index contributed by atoms with van der Waals surface area (Å²) in [4.78, 5) is 8.13. The Labute approximate surface area is 68.7 Å². The van der Waals surface area contributed by atoms with E-state index in [1.807, 2.05) is 6.92 Å². The lowest BCUT2D eigenvalue weighted by Crippen LogP contribution is -1.89. The normalized spacial score (nSPS) is 10.7. The second-order valence-electron chi connectivity index (χ2n) is 2.34. The van der Waals surface area contributed by atoms with E-state index in [1.54, 1.807) is 23.0 Å². The van der Waals surface area contributed by atoms with Crippen LogP contribution in [0.1, 0.15) is 5.69 Å². The standard InChI is InChI=1S/C7H6ClN3/c1-5-2-6(8)11-4-9-3-7(11)10-5/h2-4H,1H3. The Kier molecular flexibility index (Phi) is 1.32. The molecular formula is C7H6ClN3. The highest BCUT2D eigenvalue weighted by Crippen LogP contribution is 2.11. The molecule has 4 heteroatoms. The van der Waals surface area contributed by atoms with E-state index < -0.39 is 0 Å². The van der Waals surface area contributed by atoms with Gasteiger partial charge in [-0.05, 0) is 13.0 Å². The number of aryl methyl sites for hydroxylation is 1. The average Bonchev–Trinajstić information content (AvgIpc) is 2.34. The van der Waals surface area contributed by atoms with Gasteiger partial charge in [-0.1, -0.05) is 11.6 Å². The van der Waals surface area contributed by atoms with Gasteiger partial charge in [0.15, 0.2) is 5.65 Å². The summed E-state index contributed by atoms with van der Waals surface area (Å²) in [6.07, 6.45) is 3.32. The molecule has 0 saturated heterocycles. The zero-order valence-corrected chi connectivity index (χ0v) is 6.71. The minimum absolute atomic E-state index is 0.644. The number of halogens is 1. The van der Waals surface area contributed by atoms with Crippen LogP contribution >= 0.6 is 11.6 Å². The molecule has 0 aliphatic carbocycles. The summed E-state index contributed by atoms with van der Waals surface area (Å²) < 4.78 is 1.73. The van der Waals surface area contributed by atoms with Gasteiger partial charge >= 0.3 is 0 Å². The Morgan fingerprint density at radius 1 is 1.55 bits per heavy atom. The maximum Gasteiger partial charge on any atom is 0.157 e. The maximum atomic E-state index is 5.89.